The molecule has 0 bridgehead atoms. The van der Waals surface area contributed by atoms with Crippen LogP contribution in [0.5, 0.6) is 0 Å². The van der Waals surface area contributed by atoms with Crippen molar-refractivity contribution in [2.45, 2.75) is 17.9 Å². The van der Waals surface area contributed by atoms with Crippen LogP contribution in [0.4, 0.5) is 0 Å². The number of benzene rings is 3. The molecule has 0 aliphatic carbocycles. The van der Waals surface area contributed by atoms with Gasteiger partial charge in [-0.05, 0) is 23.3 Å². The molecule has 0 spiro atoms. The van der Waals surface area contributed by atoms with Gasteiger partial charge in [0.05, 0.1) is 11.5 Å². The van der Waals surface area contributed by atoms with Crippen LogP contribution in [0.25, 0.3) is 10.8 Å². The standard InChI is InChI=1S/C21H20N2OS/c1-16(25-15-17-8-3-2-4-9-17)21(24)23-22-14-19-12-7-11-18-10-5-6-13-20(18)19/h2-14,16H,15H2,1H3,(H,23,24)/b22-14-/t16-/m1/s1. The molecule has 4 heteroatoms. The van der Waals surface area contributed by atoms with Crippen LogP contribution in [0.15, 0.2) is 77.9 Å². The molecule has 0 heterocycles. The van der Waals surface area contributed by atoms with E-state index in [1.54, 1.807) is 18.0 Å². The first-order chi connectivity index (χ1) is 12.2. The maximum Gasteiger partial charge on any atom is 0.252 e. The number of thioether (sulfide) groups is 1. The van der Waals surface area contributed by atoms with Crippen LogP contribution in [0.3, 0.4) is 0 Å². The molecule has 3 aromatic rings. The third-order valence-electron chi connectivity index (χ3n) is 3.91. The number of hydrogen-bond donors (Lipinski definition) is 1. The smallest absolute Gasteiger partial charge is 0.252 e. The molecule has 1 amide bonds. The zero-order chi connectivity index (χ0) is 17.5. The fourth-order valence-electron chi connectivity index (χ4n) is 2.49. The molecule has 1 atom stereocenters. The van der Waals surface area contributed by atoms with Crippen molar-refractivity contribution in [2.24, 2.45) is 5.10 Å². The minimum absolute atomic E-state index is 0.0857. The second kappa shape index (κ2) is 8.49. The lowest BCUT2D eigenvalue weighted by molar-refractivity contribution is -0.120. The zero-order valence-electron chi connectivity index (χ0n) is 14.1. The summed E-state index contributed by atoms with van der Waals surface area (Å²) in [5.74, 6) is 0.722. The van der Waals surface area contributed by atoms with Crippen LogP contribution in [0.2, 0.25) is 0 Å². The van der Waals surface area contributed by atoms with Gasteiger partial charge in [-0.2, -0.15) is 5.10 Å². The molecule has 0 aliphatic heterocycles. The molecule has 3 nitrogen and oxygen atoms in total. The minimum atomic E-state index is -0.162. The van der Waals surface area contributed by atoms with Crippen molar-refractivity contribution in [3.63, 3.8) is 0 Å². The summed E-state index contributed by atoms with van der Waals surface area (Å²) in [7, 11) is 0. The molecule has 0 fully saturated rings. The summed E-state index contributed by atoms with van der Waals surface area (Å²) < 4.78 is 0. The molecule has 0 saturated heterocycles. The highest BCUT2D eigenvalue weighted by Gasteiger charge is 2.12. The second-order valence-corrected chi connectivity index (χ2v) is 7.07. The van der Waals surface area contributed by atoms with E-state index in [0.717, 1.165) is 22.1 Å². The molecule has 0 unspecified atom stereocenters. The Balaban J connectivity index is 1.56. The van der Waals surface area contributed by atoms with Gasteiger partial charge in [-0.25, -0.2) is 5.43 Å². The first-order valence-electron chi connectivity index (χ1n) is 8.20. The Labute approximate surface area is 152 Å². The average molecular weight is 348 g/mol. The lowest BCUT2D eigenvalue weighted by Crippen LogP contribution is -2.27. The highest BCUT2D eigenvalue weighted by atomic mass is 32.2. The van der Waals surface area contributed by atoms with E-state index in [2.05, 4.69) is 40.9 Å². The minimum Gasteiger partial charge on any atom is -0.272 e. The molecule has 25 heavy (non-hydrogen) atoms. The van der Waals surface area contributed by atoms with E-state index in [1.807, 2.05) is 49.4 Å². The first kappa shape index (κ1) is 17.2. The fraction of sp³-hybridized carbons (Fsp3) is 0.143. The summed E-state index contributed by atoms with van der Waals surface area (Å²) in [5.41, 5.74) is 4.84. The topological polar surface area (TPSA) is 41.5 Å². The SMILES string of the molecule is C[C@@H](SCc1ccccc1)C(=O)N/N=C\c1cccc2ccccc12. The highest BCUT2D eigenvalue weighted by molar-refractivity contribution is 7.99. The summed E-state index contributed by atoms with van der Waals surface area (Å²) in [6.45, 7) is 1.90. The van der Waals surface area contributed by atoms with Crippen molar-refractivity contribution in [1.29, 1.82) is 0 Å². The van der Waals surface area contributed by atoms with E-state index in [-0.39, 0.29) is 11.2 Å². The number of nitrogens with one attached hydrogen (secondary N) is 1. The summed E-state index contributed by atoms with van der Waals surface area (Å²) in [6.07, 6.45) is 1.70. The Morgan fingerprint density at radius 3 is 2.60 bits per heavy atom. The van der Waals surface area contributed by atoms with Crippen LogP contribution in [0.1, 0.15) is 18.1 Å². The van der Waals surface area contributed by atoms with Gasteiger partial charge in [-0.1, -0.05) is 72.8 Å². The van der Waals surface area contributed by atoms with Crippen LogP contribution in [-0.4, -0.2) is 17.4 Å². The van der Waals surface area contributed by atoms with Crippen LogP contribution in [-0.2, 0) is 10.5 Å². The number of carbonyl (C=O) groups is 1. The normalized spacial score (nSPS) is 12.4. The van der Waals surface area contributed by atoms with Crippen molar-refractivity contribution < 1.29 is 4.79 Å². The van der Waals surface area contributed by atoms with Crippen LogP contribution in [0, 0.1) is 0 Å². The van der Waals surface area contributed by atoms with Crippen molar-refractivity contribution >= 4 is 34.7 Å². The number of hydrazone groups is 1. The predicted molar refractivity (Wildman–Crippen MR) is 107 cm³/mol. The van der Waals surface area contributed by atoms with Gasteiger partial charge in [0.15, 0.2) is 0 Å². The zero-order valence-corrected chi connectivity index (χ0v) is 14.9. The maximum atomic E-state index is 12.2. The van der Waals surface area contributed by atoms with Crippen LogP contribution < -0.4 is 5.43 Å². The molecule has 0 aromatic heterocycles. The van der Waals surface area contributed by atoms with Crippen molar-refractivity contribution in [1.82, 2.24) is 5.43 Å². The Bertz CT molecular complexity index is 872. The number of hydrogen-bond acceptors (Lipinski definition) is 3. The van der Waals surface area contributed by atoms with Gasteiger partial charge in [-0.15, -0.1) is 11.8 Å². The van der Waals surface area contributed by atoms with E-state index < -0.39 is 0 Å². The van der Waals surface area contributed by atoms with E-state index in [0.29, 0.717) is 0 Å². The Morgan fingerprint density at radius 1 is 1.04 bits per heavy atom. The van der Waals surface area contributed by atoms with E-state index >= 15 is 0 Å². The van der Waals surface area contributed by atoms with Crippen molar-refractivity contribution in [2.75, 3.05) is 0 Å². The molecule has 126 valence electrons. The van der Waals surface area contributed by atoms with Crippen LogP contribution >= 0.6 is 11.8 Å². The monoisotopic (exact) mass is 348 g/mol. The summed E-state index contributed by atoms with van der Waals surface area (Å²) in [6, 6.07) is 24.3. The lowest BCUT2D eigenvalue weighted by Gasteiger charge is -2.09. The van der Waals surface area contributed by atoms with Gasteiger partial charge >= 0.3 is 0 Å². The molecular formula is C21H20N2OS. The number of rotatable bonds is 6. The number of carbonyl (C=O) groups excluding carboxylic acids is 1. The van der Waals surface area contributed by atoms with Crippen molar-refractivity contribution in [3.8, 4) is 0 Å². The molecule has 0 radical (unpaired) electrons. The Morgan fingerprint density at radius 2 is 1.76 bits per heavy atom. The van der Waals surface area contributed by atoms with Gasteiger partial charge in [0.2, 0.25) is 0 Å². The summed E-state index contributed by atoms with van der Waals surface area (Å²) in [5, 5.41) is 6.24. The summed E-state index contributed by atoms with van der Waals surface area (Å²) in [4.78, 5) is 12.2. The van der Waals surface area contributed by atoms with Gasteiger partial charge in [0.25, 0.3) is 5.91 Å². The van der Waals surface area contributed by atoms with Gasteiger partial charge in [-0.3, -0.25) is 4.79 Å². The lowest BCUT2D eigenvalue weighted by atomic mass is 10.1. The van der Waals surface area contributed by atoms with Crippen molar-refractivity contribution in [3.05, 3.63) is 83.9 Å². The maximum absolute atomic E-state index is 12.2. The predicted octanol–water partition coefficient (Wildman–Crippen LogP) is 4.61. The molecule has 0 saturated carbocycles. The van der Waals surface area contributed by atoms with Gasteiger partial charge < -0.3 is 0 Å². The molecule has 0 aliphatic rings. The fourth-order valence-corrected chi connectivity index (χ4v) is 3.33. The Kier molecular flexibility index (Phi) is 5.86. The number of fused-ring (bicyclic) bond motifs is 1. The molecule has 1 N–H and O–H groups in total. The van der Waals surface area contributed by atoms with E-state index in [1.165, 1.54) is 5.56 Å². The molecular weight excluding hydrogens is 328 g/mol. The number of amides is 1. The third-order valence-corrected chi connectivity index (χ3v) is 5.13. The Hall–Kier alpha value is -2.59. The summed E-state index contributed by atoms with van der Waals surface area (Å²) >= 11 is 1.60. The highest BCUT2D eigenvalue weighted by Crippen LogP contribution is 2.18. The quantitative estimate of drug-likeness (QED) is 0.522. The van der Waals surface area contributed by atoms with E-state index in [9.17, 15) is 4.79 Å². The second-order valence-electron chi connectivity index (χ2n) is 5.74. The average Bonchev–Trinajstić information content (AvgIpc) is 2.67. The third kappa shape index (κ3) is 4.70. The van der Waals surface area contributed by atoms with Gasteiger partial charge in [0.1, 0.15) is 0 Å². The largest absolute Gasteiger partial charge is 0.272 e. The number of nitrogens with zero attached hydrogens (tertiary/aromatic N) is 1. The van der Waals surface area contributed by atoms with E-state index in [4.69, 9.17) is 0 Å². The first-order valence-corrected chi connectivity index (χ1v) is 9.25. The van der Waals surface area contributed by atoms with Gasteiger partial charge in [0, 0.05) is 11.3 Å². The molecule has 3 rings (SSSR count). The molecule has 3 aromatic carbocycles.